The van der Waals surface area contributed by atoms with Crippen molar-refractivity contribution in [2.45, 2.75) is 25.4 Å². The number of thiophene rings is 1. The maximum Gasteiger partial charge on any atom is 0.191 e. The Morgan fingerprint density at radius 3 is 2.32 bits per heavy atom. The molecule has 2 N–H and O–H groups in total. The molecule has 1 aliphatic heterocycles. The van der Waals surface area contributed by atoms with E-state index in [4.69, 9.17) is 14.2 Å². The SMILES string of the molecule is CN=C(NCc1cc(OC)c(OC)cc1OC)NCC(c1cccs1)N1CCCC1.I. The maximum atomic E-state index is 5.53. The number of nitrogens with zero attached hydrogens (tertiary/aromatic N) is 2. The Morgan fingerprint density at radius 1 is 1.06 bits per heavy atom. The van der Waals surface area contributed by atoms with E-state index in [0.29, 0.717) is 24.1 Å². The molecule has 7 nitrogen and oxygen atoms in total. The lowest BCUT2D eigenvalue weighted by atomic mass is 10.1. The summed E-state index contributed by atoms with van der Waals surface area (Å²) in [5.74, 6) is 2.81. The maximum absolute atomic E-state index is 5.53. The van der Waals surface area contributed by atoms with Gasteiger partial charge in [-0.15, -0.1) is 35.3 Å². The van der Waals surface area contributed by atoms with Gasteiger partial charge in [-0.25, -0.2) is 0 Å². The third kappa shape index (κ3) is 6.63. The van der Waals surface area contributed by atoms with Gasteiger partial charge in [-0.3, -0.25) is 9.89 Å². The third-order valence-corrected chi connectivity index (χ3v) is 6.35. The molecule has 31 heavy (non-hydrogen) atoms. The van der Waals surface area contributed by atoms with E-state index in [0.717, 1.165) is 36.9 Å². The molecule has 1 fully saturated rings. The number of ether oxygens (including phenoxy) is 3. The van der Waals surface area contributed by atoms with E-state index in [-0.39, 0.29) is 24.0 Å². The molecular formula is C22H33IN4O3S. The van der Waals surface area contributed by atoms with Crippen LogP contribution in [0.5, 0.6) is 17.2 Å². The van der Waals surface area contributed by atoms with Gasteiger partial charge in [0.15, 0.2) is 17.5 Å². The minimum absolute atomic E-state index is 0. The first-order chi connectivity index (χ1) is 14.7. The van der Waals surface area contributed by atoms with Crippen LogP contribution in [0.1, 0.15) is 29.3 Å². The van der Waals surface area contributed by atoms with Crippen molar-refractivity contribution in [1.82, 2.24) is 15.5 Å². The Bertz CT molecular complexity index is 826. The van der Waals surface area contributed by atoms with Crippen LogP contribution in [0.3, 0.4) is 0 Å². The van der Waals surface area contributed by atoms with Crippen molar-refractivity contribution in [2.75, 3.05) is 48.0 Å². The van der Waals surface area contributed by atoms with Gasteiger partial charge in [0.1, 0.15) is 5.75 Å². The molecule has 0 spiro atoms. The second kappa shape index (κ2) is 13.0. The van der Waals surface area contributed by atoms with Crippen molar-refractivity contribution in [3.63, 3.8) is 0 Å². The molecule has 9 heteroatoms. The smallest absolute Gasteiger partial charge is 0.191 e. The van der Waals surface area contributed by atoms with E-state index in [9.17, 15) is 0 Å². The largest absolute Gasteiger partial charge is 0.496 e. The summed E-state index contributed by atoms with van der Waals surface area (Å²) in [6, 6.07) is 8.48. The highest BCUT2D eigenvalue weighted by molar-refractivity contribution is 14.0. The molecule has 2 heterocycles. The van der Waals surface area contributed by atoms with Gasteiger partial charge < -0.3 is 24.8 Å². The van der Waals surface area contributed by atoms with Crippen molar-refractivity contribution >= 4 is 41.3 Å². The van der Waals surface area contributed by atoms with Crippen LogP contribution >= 0.6 is 35.3 Å². The molecular weight excluding hydrogens is 527 g/mol. The lowest BCUT2D eigenvalue weighted by Crippen LogP contribution is -2.42. The second-order valence-electron chi connectivity index (χ2n) is 7.10. The van der Waals surface area contributed by atoms with Crippen LogP contribution in [0, 0.1) is 0 Å². The zero-order valence-electron chi connectivity index (χ0n) is 18.6. The van der Waals surface area contributed by atoms with Gasteiger partial charge in [0.05, 0.1) is 27.4 Å². The first kappa shape index (κ1) is 25.5. The average molecular weight is 561 g/mol. The normalized spacial score (nSPS) is 15.2. The lowest BCUT2D eigenvalue weighted by Gasteiger charge is -2.27. The number of guanidine groups is 1. The Balaban J connectivity index is 0.00000341. The van der Waals surface area contributed by atoms with E-state index in [1.807, 2.05) is 23.5 Å². The molecule has 0 amide bonds. The van der Waals surface area contributed by atoms with Crippen molar-refractivity contribution in [1.29, 1.82) is 0 Å². The number of halogens is 1. The first-order valence-corrected chi connectivity index (χ1v) is 11.1. The highest BCUT2D eigenvalue weighted by atomic mass is 127. The minimum Gasteiger partial charge on any atom is -0.496 e. The molecule has 0 aliphatic carbocycles. The Labute approximate surface area is 206 Å². The number of rotatable bonds is 9. The van der Waals surface area contributed by atoms with Crippen molar-refractivity contribution in [3.8, 4) is 17.2 Å². The number of aliphatic imine (C=N–C) groups is 1. The van der Waals surface area contributed by atoms with E-state index < -0.39 is 0 Å². The summed E-state index contributed by atoms with van der Waals surface area (Å²) in [5, 5.41) is 9.04. The second-order valence-corrected chi connectivity index (χ2v) is 8.08. The molecule has 172 valence electrons. The van der Waals surface area contributed by atoms with Gasteiger partial charge in [0.25, 0.3) is 0 Å². The van der Waals surface area contributed by atoms with Crippen LogP contribution in [0.25, 0.3) is 0 Å². The summed E-state index contributed by atoms with van der Waals surface area (Å²) in [6.45, 7) is 3.66. The molecule has 3 rings (SSSR count). The van der Waals surface area contributed by atoms with Crippen LogP contribution in [-0.2, 0) is 6.54 Å². The van der Waals surface area contributed by atoms with Crippen molar-refractivity contribution < 1.29 is 14.2 Å². The molecule has 1 atom stereocenters. The number of hydrogen-bond donors (Lipinski definition) is 2. The molecule has 1 saturated heterocycles. The van der Waals surface area contributed by atoms with E-state index in [2.05, 4.69) is 38.0 Å². The number of hydrogen-bond acceptors (Lipinski definition) is 6. The highest BCUT2D eigenvalue weighted by Gasteiger charge is 2.24. The molecule has 2 aromatic rings. The Kier molecular flexibility index (Phi) is 10.7. The van der Waals surface area contributed by atoms with Crippen LogP contribution in [-0.4, -0.2) is 58.9 Å². The Morgan fingerprint density at radius 2 is 1.74 bits per heavy atom. The number of likely N-dealkylation sites (tertiary alicyclic amines) is 1. The fraction of sp³-hybridized carbons (Fsp3) is 0.500. The average Bonchev–Trinajstić information content (AvgIpc) is 3.50. The minimum atomic E-state index is 0. The predicted octanol–water partition coefficient (Wildman–Crippen LogP) is 3.89. The molecule has 1 aromatic carbocycles. The topological polar surface area (TPSA) is 67.4 Å². The van der Waals surface area contributed by atoms with Crippen LogP contribution in [0.4, 0.5) is 0 Å². The molecule has 1 aromatic heterocycles. The summed E-state index contributed by atoms with van der Waals surface area (Å²) in [6.07, 6.45) is 2.54. The summed E-state index contributed by atoms with van der Waals surface area (Å²) >= 11 is 1.82. The fourth-order valence-electron chi connectivity index (χ4n) is 3.77. The third-order valence-electron chi connectivity index (χ3n) is 5.37. The summed E-state index contributed by atoms with van der Waals surface area (Å²) < 4.78 is 16.3. The zero-order chi connectivity index (χ0) is 21.3. The number of methoxy groups -OCH3 is 3. The quantitative estimate of drug-likeness (QED) is 0.276. The van der Waals surface area contributed by atoms with Gasteiger partial charge in [0, 0.05) is 36.6 Å². The van der Waals surface area contributed by atoms with Gasteiger partial charge in [-0.1, -0.05) is 6.07 Å². The van der Waals surface area contributed by atoms with Gasteiger partial charge in [-0.05, 0) is 43.4 Å². The Hall–Kier alpha value is -1.72. The number of nitrogens with one attached hydrogen (secondary N) is 2. The van der Waals surface area contributed by atoms with Gasteiger partial charge in [0.2, 0.25) is 0 Å². The van der Waals surface area contributed by atoms with Gasteiger partial charge in [-0.2, -0.15) is 0 Å². The van der Waals surface area contributed by atoms with E-state index >= 15 is 0 Å². The molecule has 0 saturated carbocycles. The molecule has 0 bridgehead atoms. The predicted molar refractivity (Wildman–Crippen MR) is 138 cm³/mol. The lowest BCUT2D eigenvalue weighted by molar-refractivity contribution is 0.249. The highest BCUT2D eigenvalue weighted by Crippen LogP contribution is 2.34. The summed E-state index contributed by atoms with van der Waals surface area (Å²) in [7, 11) is 6.69. The van der Waals surface area contributed by atoms with E-state index in [1.54, 1.807) is 28.4 Å². The summed E-state index contributed by atoms with van der Waals surface area (Å²) in [5.41, 5.74) is 0.965. The van der Waals surface area contributed by atoms with Crippen molar-refractivity contribution in [3.05, 3.63) is 40.1 Å². The van der Waals surface area contributed by atoms with Crippen LogP contribution < -0.4 is 24.8 Å². The monoisotopic (exact) mass is 560 g/mol. The summed E-state index contributed by atoms with van der Waals surface area (Å²) in [4.78, 5) is 8.35. The van der Waals surface area contributed by atoms with Crippen LogP contribution in [0.15, 0.2) is 34.6 Å². The van der Waals surface area contributed by atoms with E-state index in [1.165, 1.54) is 17.7 Å². The first-order valence-electron chi connectivity index (χ1n) is 10.2. The molecule has 0 radical (unpaired) electrons. The van der Waals surface area contributed by atoms with Crippen molar-refractivity contribution in [2.24, 2.45) is 4.99 Å². The zero-order valence-corrected chi connectivity index (χ0v) is 21.8. The molecule has 1 unspecified atom stereocenters. The van der Waals surface area contributed by atoms with Crippen LogP contribution in [0.2, 0.25) is 0 Å². The van der Waals surface area contributed by atoms with Gasteiger partial charge >= 0.3 is 0 Å². The fourth-order valence-corrected chi connectivity index (χ4v) is 4.63. The number of benzene rings is 1. The molecule has 1 aliphatic rings. The standard InChI is InChI=1S/C22H32N4O3S.HI/c1-23-22(24-14-16-12-19(28-3)20(29-4)13-18(16)27-2)25-15-17(21-8-7-11-30-21)26-9-5-6-10-26;/h7-8,11-13,17H,5-6,9-10,14-15H2,1-4H3,(H2,23,24,25);1H.